The molecule has 0 bridgehead atoms. The quantitative estimate of drug-likeness (QED) is 0.811. The zero-order chi connectivity index (χ0) is 15.1. The summed E-state index contributed by atoms with van der Waals surface area (Å²) in [5.74, 6) is 0.711. The summed E-state index contributed by atoms with van der Waals surface area (Å²) < 4.78 is 6.47. The number of ether oxygens (including phenoxy) is 1. The molecule has 0 spiro atoms. The van der Waals surface area contributed by atoms with Gasteiger partial charge in [-0.3, -0.25) is 0 Å². The third-order valence-corrected chi connectivity index (χ3v) is 4.83. The van der Waals surface area contributed by atoms with Crippen LogP contribution in [0.3, 0.4) is 0 Å². The second-order valence-electron chi connectivity index (χ2n) is 5.95. The predicted octanol–water partition coefficient (Wildman–Crippen LogP) is 3.46. The summed E-state index contributed by atoms with van der Waals surface area (Å²) in [6, 6.07) is 9.03. The molecule has 21 heavy (non-hydrogen) atoms. The number of nitrogens with zero attached hydrogens (tertiary/aromatic N) is 1. The summed E-state index contributed by atoms with van der Waals surface area (Å²) in [5.41, 5.74) is 1.36. The van der Waals surface area contributed by atoms with Crippen LogP contribution < -0.4 is 5.32 Å². The van der Waals surface area contributed by atoms with Crippen molar-refractivity contribution >= 4 is 15.9 Å². The number of benzene rings is 1. The molecule has 4 heteroatoms. The number of nitrogens with one attached hydrogen (secondary N) is 1. The summed E-state index contributed by atoms with van der Waals surface area (Å²) in [4.78, 5) is 2.59. The third kappa shape index (κ3) is 5.37. The van der Waals surface area contributed by atoms with E-state index in [-0.39, 0.29) is 0 Å². The molecule has 3 nitrogen and oxygen atoms in total. The average molecular weight is 355 g/mol. The topological polar surface area (TPSA) is 24.5 Å². The van der Waals surface area contributed by atoms with E-state index in [1.54, 1.807) is 0 Å². The normalized spacial score (nSPS) is 21.4. The van der Waals surface area contributed by atoms with E-state index in [2.05, 4.69) is 57.5 Å². The van der Waals surface area contributed by atoms with E-state index in [4.69, 9.17) is 4.74 Å². The lowest BCUT2D eigenvalue weighted by molar-refractivity contribution is 0.0887. The van der Waals surface area contributed by atoms with Crippen LogP contribution >= 0.6 is 15.9 Å². The van der Waals surface area contributed by atoms with Gasteiger partial charge >= 0.3 is 0 Å². The van der Waals surface area contributed by atoms with Gasteiger partial charge in [-0.2, -0.15) is 0 Å². The average Bonchev–Trinajstić information content (AvgIpc) is 2.49. The van der Waals surface area contributed by atoms with Crippen LogP contribution in [0.4, 0.5) is 0 Å². The third-order valence-electron chi connectivity index (χ3n) is 4.34. The molecule has 0 aliphatic carbocycles. The molecule has 1 aliphatic rings. The number of halogens is 1. The van der Waals surface area contributed by atoms with Gasteiger partial charge in [-0.05, 0) is 63.0 Å². The van der Waals surface area contributed by atoms with Crippen molar-refractivity contribution in [3.63, 3.8) is 0 Å². The van der Waals surface area contributed by atoms with Gasteiger partial charge in [0, 0.05) is 24.2 Å². The number of rotatable bonds is 7. The van der Waals surface area contributed by atoms with E-state index in [1.165, 1.54) is 31.5 Å². The first kappa shape index (κ1) is 16.9. The molecule has 1 saturated heterocycles. The second-order valence-corrected chi connectivity index (χ2v) is 6.86. The van der Waals surface area contributed by atoms with Gasteiger partial charge < -0.3 is 15.0 Å². The summed E-state index contributed by atoms with van der Waals surface area (Å²) in [5, 5.41) is 3.45. The van der Waals surface area contributed by atoms with Gasteiger partial charge in [0.25, 0.3) is 0 Å². The zero-order valence-corrected chi connectivity index (χ0v) is 14.7. The van der Waals surface area contributed by atoms with E-state index in [0.29, 0.717) is 12.0 Å². The second kappa shape index (κ2) is 8.89. The van der Waals surface area contributed by atoms with Gasteiger partial charge in [0.05, 0.1) is 6.61 Å². The highest BCUT2D eigenvalue weighted by atomic mass is 79.9. The van der Waals surface area contributed by atoms with E-state index in [1.807, 2.05) is 7.11 Å². The maximum Gasteiger partial charge on any atom is 0.0502 e. The van der Waals surface area contributed by atoms with Gasteiger partial charge in [0.15, 0.2) is 0 Å². The molecule has 0 aromatic heterocycles. The van der Waals surface area contributed by atoms with E-state index >= 15 is 0 Å². The smallest absolute Gasteiger partial charge is 0.0502 e. The van der Waals surface area contributed by atoms with Gasteiger partial charge in [-0.25, -0.2) is 0 Å². The zero-order valence-electron chi connectivity index (χ0n) is 13.1. The molecule has 1 aromatic carbocycles. The van der Waals surface area contributed by atoms with E-state index < -0.39 is 0 Å². The van der Waals surface area contributed by atoms with Crippen LogP contribution in [0.25, 0.3) is 0 Å². The van der Waals surface area contributed by atoms with Crippen molar-refractivity contribution in [2.75, 3.05) is 40.4 Å². The molecule has 1 heterocycles. The minimum Gasteiger partial charge on any atom is -0.384 e. The van der Waals surface area contributed by atoms with Gasteiger partial charge in [-0.1, -0.05) is 28.1 Å². The van der Waals surface area contributed by atoms with Crippen molar-refractivity contribution in [1.29, 1.82) is 0 Å². The Hall–Kier alpha value is -0.420. The summed E-state index contributed by atoms with van der Waals surface area (Å²) in [6.45, 7) is 4.47. The molecule has 2 rings (SSSR count). The van der Waals surface area contributed by atoms with Crippen LogP contribution in [0, 0.1) is 5.92 Å². The van der Waals surface area contributed by atoms with Crippen LogP contribution in [0.15, 0.2) is 28.7 Å². The Morgan fingerprint density at radius 2 is 2.33 bits per heavy atom. The number of methoxy groups -OCH3 is 1. The monoisotopic (exact) mass is 354 g/mol. The molecule has 2 unspecified atom stereocenters. The largest absolute Gasteiger partial charge is 0.384 e. The highest BCUT2D eigenvalue weighted by Gasteiger charge is 2.20. The molecule has 1 aliphatic heterocycles. The molecule has 118 valence electrons. The van der Waals surface area contributed by atoms with Crippen LogP contribution in [0.5, 0.6) is 0 Å². The lowest BCUT2D eigenvalue weighted by atomic mass is 9.97. The summed E-state index contributed by atoms with van der Waals surface area (Å²) >= 11 is 3.56. The van der Waals surface area contributed by atoms with Gasteiger partial charge in [0.2, 0.25) is 0 Å². The number of hydrogen-bond acceptors (Lipinski definition) is 3. The highest BCUT2D eigenvalue weighted by Crippen LogP contribution is 2.22. The maximum atomic E-state index is 5.31. The first-order valence-corrected chi connectivity index (χ1v) is 8.66. The minimum atomic E-state index is 0.422. The SMILES string of the molecule is CNC(CCN1CCCC(COC)C1)c1cccc(Br)c1. The molecule has 1 fully saturated rings. The lowest BCUT2D eigenvalue weighted by Gasteiger charge is -2.33. The molecule has 1 N–H and O–H groups in total. The first-order valence-electron chi connectivity index (χ1n) is 7.87. The Morgan fingerprint density at radius 3 is 3.05 bits per heavy atom. The Kier molecular flexibility index (Phi) is 7.17. The Balaban J connectivity index is 1.85. The van der Waals surface area contributed by atoms with Gasteiger partial charge in [-0.15, -0.1) is 0 Å². The Morgan fingerprint density at radius 1 is 1.48 bits per heavy atom. The van der Waals surface area contributed by atoms with Crippen molar-refractivity contribution in [2.45, 2.75) is 25.3 Å². The minimum absolute atomic E-state index is 0.422. The number of likely N-dealkylation sites (tertiary alicyclic amines) is 1. The van der Waals surface area contributed by atoms with Crippen LogP contribution in [0.1, 0.15) is 30.9 Å². The maximum absolute atomic E-state index is 5.31. The van der Waals surface area contributed by atoms with Crippen LogP contribution in [-0.2, 0) is 4.74 Å². The van der Waals surface area contributed by atoms with Crippen molar-refractivity contribution in [1.82, 2.24) is 10.2 Å². The molecule has 2 atom stereocenters. The predicted molar refractivity (Wildman–Crippen MR) is 91.6 cm³/mol. The van der Waals surface area contributed by atoms with Crippen molar-refractivity contribution in [3.8, 4) is 0 Å². The highest BCUT2D eigenvalue weighted by molar-refractivity contribution is 9.10. The van der Waals surface area contributed by atoms with Crippen LogP contribution in [0.2, 0.25) is 0 Å². The van der Waals surface area contributed by atoms with Crippen molar-refractivity contribution < 1.29 is 4.74 Å². The molecular formula is C17H27BrN2O. The number of piperidine rings is 1. The molecule has 1 aromatic rings. The summed E-state index contributed by atoms with van der Waals surface area (Å²) in [6.07, 6.45) is 3.76. The lowest BCUT2D eigenvalue weighted by Crippen LogP contribution is -2.38. The molecule has 0 saturated carbocycles. The Bertz CT molecular complexity index is 425. The van der Waals surface area contributed by atoms with E-state index in [9.17, 15) is 0 Å². The molecule has 0 radical (unpaired) electrons. The fraction of sp³-hybridized carbons (Fsp3) is 0.647. The Labute approximate surface area is 137 Å². The fourth-order valence-electron chi connectivity index (χ4n) is 3.24. The first-order chi connectivity index (χ1) is 10.2. The molecule has 0 amide bonds. The van der Waals surface area contributed by atoms with Crippen LogP contribution in [-0.4, -0.2) is 45.3 Å². The molecular weight excluding hydrogens is 328 g/mol. The van der Waals surface area contributed by atoms with Crippen molar-refractivity contribution in [3.05, 3.63) is 34.3 Å². The fourth-order valence-corrected chi connectivity index (χ4v) is 3.66. The van der Waals surface area contributed by atoms with E-state index in [0.717, 1.165) is 24.0 Å². The number of hydrogen-bond donors (Lipinski definition) is 1. The summed E-state index contributed by atoms with van der Waals surface area (Å²) in [7, 11) is 3.86. The van der Waals surface area contributed by atoms with Crippen molar-refractivity contribution in [2.24, 2.45) is 5.92 Å². The van der Waals surface area contributed by atoms with Gasteiger partial charge in [0.1, 0.15) is 0 Å². The standard InChI is InChI=1S/C17H27BrN2O/c1-19-17(15-6-3-7-16(18)11-15)8-10-20-9-4-5-14(12-20)13-21-2/h3,6-7,11,14,17,19H,4-5,8-10,12-13H2,1-2H3.